The van der Waals surface area contributed by atoms with Crippen molar-refractivity contribution >= 4 is 18.0 Å². The number of benzene rings is 3. The molecule has 0 saturated heterocycles. The van der Waals surface area contributed by atoms with Crippen molar-refractivity contribution in [2.24, 2.45) is 0 Å². The van der Waals surface area contributed by atoms with Gasteiger partial charge in [0.1, 0.15) is 0 Å². The maximum Gasteiger partial charge on any atom is 0.333 e. The van der Waals surface area contributed by atoms with E-state index in [-0.39, 0.29) is 11.9 Å². The van der Waals surface area contributed by atoms with Gasteiger partial charge in [-0.15, -0.1) is 0 Å². The Balaban J connectivity index is 1.80. The highest BCUT2D eigenvalue weighted by Gasteiger charge is 2.13. The van der Waals surface area contributed by atoms with Gasteiger partial charge in [0.25, 0.3) is 0 Å². The molecule has 0 unspecified atom stereocenters. The summed E-state index contributed by atoms with van der Waals surface area (Å²) in [5, 5.41) is 0. The zero-order valence-corrected chi connectivity index (χ0v) is 19.6. The molecule has 3 aromatic carbocycles. The van der Waals surface area contributed by atoms with Gasteiger partial charge >= 0.3 is 5.97 Å². The van der Waals surface area contributed by atoms with Crippen LogP contribution in [0.1, 0.15) is 30.5 Å². The first-order chi connectivity index (χ1) is 16.0. The summed E-state index contributed by atoms with van der Waals surface area (Å²) in [7, 11) is 1.84. The Hall–Kier alpha value is -3.66. The fourth-order valence-corrected chi connectivity index (χ4v) is 3.64. The molecule has 0 aliphatic rings. The standard InChI is InChI=1S/C29H31NO3/c1-4-33-29(32)22(2)19-26-20-24(15-16-27(26)25-13-9-6-10-14-25)21-28(31)30(3)18-17-23-11-7-5-8-12-23/h5-16,19-20H,4,17-18,21H2,1-3H3/b22-19+. The molecule has 0 aliphatic heterocycles. The van der Waals surface area contributed by atoms with Crippen molar-refractivity contribution in [2.45, 2.75) is 26.7 Å². The second-order valence-corrected chi connectivity index (χ2v) is 8.06. The molecule has 0 aromatic heterocycles. The molecule has 0 radical (unpaired) electrons. The molecule has 0 aliphatic carbocycles. The predicted molar refractivity (Wildman–Crippen MR) is 134 cm³/mol. The summed E-state index contributed by atoms with van der Waals surface area (Å²) in [4.78, 5) is 26.8. The summed E-state index contributed by atoms with van der Waals surface area (Å²) in [5.41, 5.74) is 5.60. The number of esters is 1. The molecule has 0 saturated carbocycles. The normalized spacial score (nSPS) is 11.2. The average molecular weight is 442 g/mol. The van der Waals surface area contributed by atoms with Gasteiger partial charge in [0.05, 0.1) is 13.0 Å². The molecule has 0 bridgehead atoms. The van der Waals surface area contributed by atoms with Crippen LogP contribution in [0.4, 0.5) is 0 Å². The zero-order valence-electron chi connectivity index (χ0n) is 19.6. The predicted octanol–water partition coefficient (Wildman–Crippen LogP) is 5.56. The first kappa shape index (κ1) is 24.0. The minimum atomic E-state index is -0.335. The fourth-order valence-electron chi connectivity index (χ4n) is 3.64. The molecule has 0 atom stereocenters. The Kier molecular flexibility index (Phi) is 8.59. The van der Waals surface area contributed by atoms with Gasteiger partial charge in [0.2, 0.25) is 5.91 Å². The summed E-state index contributed by atoms with van der Waals surface area (Å²) in [6, 6.07) is 26.2. The lowest BCUT2D eigenvalue weighted by Crippen LogP contribution is -2.30. The van der Waals surface area contributed by atoms with Crippen LogP contribution in [0.15, 0.2) is 84.4 Å². The molecule has 3 aromatic rings. The Morgan fingerprint density at radius 1 is 0.909 bits per heavy atom. The summed E-state index contributed by atoms with van der Waals surface area (Å²) in [5.74, 6) is -0.269. The van der Waals surface area contributed by atoms with E-state index in [9.17, 15) is 9.59 Å². The van der Waals surface area contributed by atoms with Crippen LogP contribution < -0.4 is 0 Å². The van der Waals surface area contributed by atoms with E-state index in [0.29, 0.717) is 25.1 Å². The number of likely N-dealkylation sites (N-methyl/N-ethyl adjacent to an activating group) is 1. The van der Waals surface area contributed by atoms with E-state index in [4.69, 9.17) is 4.74 Å². The molecule has 4 nitrogen and oxygen atoms in total. The van der Waals surface area contributed by atoms with Gasteiger partial charge in [-0.1, -0.05) is 78.9 Å². The molecule has 0 fully saturated rings. The van der Waals surface area contributed by atoms with Crippen molar-refractivity contribution in [3.63, 3.8) is 0 Å². The number of hydrogen-bond donors (Lipinski definition) is 0. The van der Waals surface area contributed by atoms with Crippen LogP contribution in [0, 0.1) is 0 Å². The highest BCUT2D eigenvalue weighted by Crippen LogP contribution is 2.27. The second kappa shape index (κ2) is 11.8. The van der Waals surface area contributed by atoms with Crippen LogP contribution in [-0.2, 0) is 27.2 Å². The topological polar surface area (TPSA) is 46.6 Å². The van der Waals surface area contributed by atoms with Crippen molar-refractivity contribution in [2.75, 3.05) is 20.2 Å². The SMILES string of the molecule is CCOC(=O)/C(C)=C/c1cc(CC(=O)N(C)CCc2ccccc2)ccc1-c1ccccc1. The monoisotopic (exact) mass is 441 g/mol. The third kappa shape index (κ3) is 6.91. The highest BCUT2D eigenvalue weighted by atomic mass is 16.5. The Morgan fingerprint density at radius 3 is 2.24 bits per heavy atom. The van der Waals surface area contributed by atoms with Gasteiger partial charge in [-0.25, -0.2) is 4.79 Å². The third-order valence-electron chi connectivity index (χ3n) is 5.53. The summed E-state index contributed by atoms with van der Waals surface area (Å²) < 4.78 is 5.14. The number of amides is 1. The van der Waals surface area contributed by atoms with Gasteiger partial charge in [0.15, 0.2) is 0 Å². The lowest BCUT2D eigenvalue weighted by Gasteiger charge is -2.18. The molecule has 4 heteroatoms. The van der Waals surface area contributed by atoms with E-state index in [1.165, 1.54) is 5.56 Å². The quantitative estimate of drug-likeness (QED) is 0.322. The van der Waals surface area contributed by atoms with E-state index in [0.717, 1.165) is 28.7 Å². The van der Waals surface area contributed by atoms with Gasteiger partial charge in [-0.05, 0) is 54.2 Å². The van der Waals surface area contributed by atoms with E-state index in [1.807, 2.05) is 79.9 Å². The van der Waals surface area contributed by atoms with Crippen LogP contribution in [0.5, 0.6) is 0 Å². The van der Waals surface area contributed by atoms with Crippen molar-refractivity contribution in [3.8, 4) is 11.1 Å². The van der Waals surface area contributed by atoms with E-state index in [2.05, 4.69) is 12.1 Å². The molecular weight excluding hydrogens is 410 g/mol. The third-order valence-corrected chi connectivity index (χ3v) is 5.53. The van der Waals surface area contributed by atoms with E-state index in [1.54, 1.807) is 18.7 Å². The average Bonchev–Trinajstić information content (AvgIpc) is 2.84. The Labute approximate surface area is 196 Å². The molecule has 170 valence electrons. The fraction of sp³-hybridized carbons (Fsp3) is 0.241. The molecular formula is C29H31NO3. The van der Waals surface area contributed by atoms with E-state index < -0.39 is 0 Å². The van der Waals surface area contributed by atoms with E-state index >= 15 is 0 Å². The van der Waals surface area contributed by atoms with Crippen molar-refractivity contribution < 1.29 is 14.3 Å². The molecule has 33 heavy (non-hydrogen) atoms. The molecule has 0 N–H and O–H groups in total. The zero-order chi connectivity index (χ0) is 23.6. The van der Waals surface area contributed by atoms with Crippen molar-refractivity contribution in [3.05, 3.63) is 101 Å². The first-order valence-electron chi connectivity index (χ1n) is 11.3. The Bertz CT molecular complexity index is 1100. The number of carbonyl (C=O) groups is 2. The minimum absolute atomic E-state index is 0.0652. The van der Waals surface area contributed by atoms with Crippen molar-refractivity contribution in [1.82, 2.24) is 4.90 Å². The van der Waals surface area contributed by atoms with Gasteiger partial charge in [0, 0.05) is 19.2 Å². The summed E-state index contributed by atoms with van der Waals surface area (Å²) >= 11 is 0. The molecule has 0 spiro atoms. The highest BCUT2D eigenvalue weighted by molar-refractivity contribution is 5.94. The second-order valence-electron chi connectivity index (χ2n) is 8.06. The molecule has 0 heterocycles. The van der Waals surface area contributed by atoms with Crippen LogP contribution in [0.3, 0.4) is 0 Å². The van der Waals surface area contributed by atoms with Crippen LogP contribution in [-0.4, -0.2) is 37.0 Å². The van der Waals surface area contributed by atoms with Crippen LogP contribution >= 0.6 is 0 Å². The maximum atomic E-state index is 12.9. The maximum absolute atomic E-state index is 12.9. The number of rotatable bonds is 9. The first-order valence-corrected chi connectivity index (χ1v) is 11.3. The Morgan fingerprint density at radius 2 is 1.58 bits per heavy atom. The van der Waals surface area contributed by atoms with Crippen LogP contribution in [0.25, 0.3) is 17.2 Å². The summed E-state index contributed by atoms with van der Waals surface area (Å²) in [6.45, 7) is 4.54. The molecule has 3 rings (SSSR count). The summed E-state index contributed by atoms with van der Waals surface area (Å²) in [6.07, 6.45) is 2.97. The van der Waals surface area contributed by atoms with Crippen molar-refractivity contribution in [1.29, 1.82) is 0 Å². The lowest BCUT2D eigenvalue weighted by molar-refractivity contribution is -0.138. The van der Waals surface area contributed by atoms with Gasteiger partial charge < -0.3 is 9.64 Å². The molecule has 1 amide bonds. The number of carbonyl (C=O) groups excluding carboxylic acids is 2. The largest absolute Gasteiger partial charge is 0.463 e. The minimum Gasteiger partial charge on any atom is -0.463 e. The lowest BCUT2D eigenvalue weighted by atomic mass is 9.95. The smallest absolute Gasteiger partial charge is 0.333 e. The number of nitrogens with zero attached hydrogens (tertiary/aromatic N) is 1. The number of ether oxygens (including phenoxy) is 1. The van der Waals surface area contributed by atoms with Gasteiger partial charge in [-0.2, -0.15) is 0 Å². The van der Waals surface area contributed by atoms with Crippen LogP contribution in [0.2, 0.25) is 0 Å². The van der Waals surface area contributed by atoms with Gasteiger partial charge in [-0.3, -0.25) is 4.79 Å². The number of hydrogen-bond acceptors (Lipinski definition) is 3.